The van der Waals surface area contributed by atoms with Crippen molar-refractivity contribution in [2.24, 2.45) is 0 Å². The number of carbonyl (C=O) groups is 2. The molecule has 0 saturated carbocycles. The quantitative estimate of drug-likeness (QED) is 0.447. The molecule has 0 unspecified atom stereocenters. The van der Waals surface area contributed by atoms with Crippen molar-refractivity contribution in [3.05, 3.63) is 77.2 Å². The highest BCUT2D eigenvalue weighted by atomic mass is 19.1. The van der Waals surface area contributed by atoms with Crippen LogP contribution in [0.4, 0.5) is 14.6 Å². The van der Waals surface area contributed by atoms with E-state index in [1.54, 1.807) is 18.5 Å². The van der Waals surface area contributed by atoms with Gasteiger partial charge in [0.1, 0.15) is 17.7 Å². The van der Waals surface area contributed by atoms with Gasteiger partial charge in [0.2, 0.25) is 5.91 Å². The topological polar surface area (TPSA) is 120 Å². The molecule has 0 spiro atoms. The molecule has 3 aromatic rings. The molecule has 4 N–H and O–H groups in total. The van der Waals surface area contributed by atoms with E-state index in [0.717, 1.165) is 23.4 Å². The molecule has 1 aromatic carbocycles. The number of H-pyrrole nitrogens is 1. The number of halogens is 2. The standard InChI is InChI=1S/C22H23F2N5O3/c1-12(26-21(32)19(30)13-7-15(23)9-16(24)8-13)20(31)27-18-10-17(28-29-18)22(2,3)14-5-4-6-25-11-14/h4-12,19,30H,1-3H3,(H,26,32)(H2,27,28,29,31)/t12-,19-/m0/s1. The molecule has 0 aliphatic carbocycles. The molecular formula is C22H23F2N5O3. The van der Waals surface area contributed by atoms with Crippen LogP contribution in [0, 0.1) is 11.6 Å². The SMILES string of the molecule is C[C@H](NC(=O)[C@@H](O)c1cc(F)cc(F)c1)C(=O)Nc1cc(C(C)(C)c2cccnc2)[nH]n1. The second kappa shape index (κ2) is 9.23. The Hall–Kier alpha value is -3.66. The number of nitrogens with zero attached hydrogens (tertiary/aromatic N) is 2. The number of rotatable bonds is 7. The number of pyridine rings is 1. The van der Waals surface area contributed by atoms with Crippen molar-refractivity contribution in [2.45, 2.75) is 38.3 Å². The van der Waals surface area contributed by atoms with Gasteiger partial charge in [0.25, 0.3) is 5.91 Å². The van der Waals surface area contributed by atoms with Gasteiger partial charge >= 0.3 is 0 Å². The number of benzene rings is 1. The summed E-state index contributed by atoms with van der Waals surface area (Å²) in [6.45, 7) is 5.35. The van der Waals surface area contributed by atoms with Gasteiger partial charge in [0.15, 0.2) is 11.9 Å². The van der Waals surface area contributed by atoms with Gasteiger partial charge in [0, 0.05) is 35.6 Å². The molecule has 0 aliphatic rings. The van der Waals surface area contributed by atoms with E-state index >= 15 is 0 Å². The van der Waals surface area contributed by atoms with Gasteiger partial charge in [-0.1, -0.05) is 19.9 Å². The van der Waals surface area contributed by atoms with E-state index in [1.807, 2.05) is 26.0 Å². The number of aliphatic hydroxyl groups excluding tert-OH is 1. The predicted molar refractivity (Wildman–Crippen MR) is 113 cm³/mol. The van der Waals surface area contributed by atoms with E-state index in [2.05, 4.69) is 25.8 Å². The fraction of sp³-hybridized carbons (Fsp3) is 0.273. The Labute approximate surface area is 183 Å². The lowest BCUT2D eigenvalue weighted by molar-refractivity contribution is -0.132. The van der Waals surface area contributed by atoms with Crippen LogP contribution in [0.5, 0.6) is 0 Å². The highest BCUT2D eigenvalue weighted by Crippen LogP contribution is 2.30. The van der Waals surface area contributed by atoms with Gasteiger partial charge in [-0.3, -0.25) is 19.7 Å². The third-order valence-corrected chi connectivity index (χ3v) is 5.09. The van der Waals surface area contributed by atoms with Crippen LogP contribution in [0.1, 0.15) is 43.7 Å². The molecule has 168 valence electrons. The van der Waals surface area contributed by atoms with Crippen molar-refractivity contribution in [1.82, 2.24) is 20.5 Å². The number of nitrogens with one attached hydrogen (secondary N) is 3. The average molecular weight is 443 g/mol. The first kappa shape index (κ1) is 23.0. The van der Waals surface area contributed by atoms with Crippen LogP contribution in [-0.4, -0.2) is 38.1 Å². The van der Waals surface area contributed by atoms with Crippen LogP contribution in [-0.2, 0) is 15.0 Å². The Kier molecular flexibility index (Phi) is 6.64. The zero-order valence-electron chi connectivity index (χ0n) is 17.7. The number of hydrogen-bond donors (Lipinski definition) is 4. The Bertz CT molecular complexity index is 1100. The highest BCUT2D eigenvalue weighted by Gasteiger charge is 2.27. The maximum Gasteiger partial charge on any atom is 0.254 e. The fourth-order valence-corrected chi connectivity index (χ4v) is 3.07. The molecule has 0 radical (unpaired) electrons. The Morgan fingerprint density at radius 1 is 1.12 bits per heavy atom. The van der Waals surface area contributed by atoms with Crippen molar-refractivity contribution in [2.75, 3.05) is 5.32 Å². The van der Waals surface area contributed by atoms with Crippen molar-refractivity contribution in [3.8, 4) is 0 Å². The molecule has 0 fully saturated rings. The van der Waals surface area contributed by atoms with Gasteiger partial charge in [-0.05, 0) is 36.2 Å². The van der Waals surface area contributed by atoms with Crippen molar-refractivity contribution >= 4 is 17.6 Å². The van der Waals surface area contributed by atoms with E-state index in [-0.39, 0.29) is 11.4 Å². The number of anilines is 1. The second-order valence-electron chi connectivity index (χ2n) is 7.86. The Morgan fingerprint density at radius 3 is 2.44 bits per heavy atom. The largest absolute Gasteiger partial charge is 0.378 e. The van der Waals surface area contributed by atoms with Crippen molar-refractivity contribution in [3.63, 3.8) is 0 Å². The zero-order valence-corrected chi connectivity index (χ0v) is 17.7. The Morgan fingerprint density at radius 2 is 1.81 bits per heavy atom. The van der Waals surface area contributed by atoms with Crippen molar-refractivity contribution in [1.29, 1.82) is 0 Å². The number of aliphatic hydroxyl groups is 1. The predicted octanol–water partition coefficient (Wildman–Crippen LogP) is 2.59. The highest BCUT2D eigenvalue weighted by molar-refractivity contribution is 5.97. The molecule has 0 aliphatic heterocycles. The first-order chi connectivity index (χ1) is 15.1. The van der Waals surface area contributed by atoms with Crippen LogP contribution in [0.25, 0.3) is 0 Å². The summed E-state index contributed by atoms with van der Waals surface area (Å²) in [5.41, 5.74) is 0.974. The number of aromatic amines is 1. The zero-order chi connectivity index (χ0) is 23.5. The summed E-state index contributed by atoms with van der Waals surface area (Å²) in [5, 5.41) is 21.9. The van der Waals surface area contributed by atoms with E-state index in [9.17, 15) is 23.5 Å². The lowest BCUT2D eigenvalue weighted by Crippen LogP contribution is -2.43. The normalized spacial score (nSPS) is 13.3. The Balaban J connectivity index is 1.63. The third-order valence-electron chi connectivity index (χ3n) is 5.09. The molecule has 8 nitrogen and oxygen atoms in total. The van der Waals surface area contributed by atoms with Crippen LogP contribution in [0.2, 0.25) is 0 Å². The van der Waals surface area contributed by atoms with Gasteiger partial charge in [0.05, 0.1) is 0 Å². The number of aromatic nitrogens is 3. The van der Waals surface area contributed by atoms with Gasteiger partial charge < -0.3 is 15.7 Å². The third kappa shape index (κ3) is 5.14. The van der Waals surface area contributed by atoms with E-state index < -0.39 is 41.0 Å². The smallest absolute Gasteiger partial charge is 0.254 e. The minimum Gasteiger partial charge on any atom is -0.378 e. The summed E-state index contributed by atoms with van der Waals surface area (Å²) in [6.07, 6.45) is 1.58. The van der Waals surface area contributed by atoms with Crippen LogP contribution in [0.15, 0.2) is 48.8 Å². The number of hydrogen-bond acceptors (Lipinski definition) is 5. The van der Waals surface area contributed by atoms with Gasteiger partial charge in [-0.15, -0.1) is 0 Å². The molecular weight excluding hydrogens is 420 g/mol. The molecule has 2 amide bonds. The maximum absolute atomic E-state index is 13.3. The van der Waals surface area contributed by atoms with Crippen molar-refractivity contribution < 1.29 is 23.5 Å². The van der Waals surface area contributed by atoms with Gasteiger partial charge in [-0.25, -0.2) is 8.78 Å². The van der Waals surface area contributed by atoms with Gasteiger partial charge in [-0.2, -0.15) is 5.10 Å². The van der Waals surface area contributed by atoms with Crippen LogP contribution in [0.3, 0.4) is 0 Å². The number of carbonyl (C=O) groups excluding carboxylic acids is 2. The van der Waals surface area contributed by atoms with E-state index in [1.165, 1.54) is 6.92 Å². The average Bonchev–Trinajstić information content (AvgIpc) is 3.22. The molecule has 2 atom stereocenters. The first-order valence-corrected chi connectivity index (χ1v) is 9.79. The first-order valence-electron chi connectivity index (χ1n) is 9.79. The van der Waals surface area contributed by atoms with Crippen LogP contribution >= 0.6 is 0 Å². The molecule has 0 saturated heterocycles. The number of amides is 2. The minimum absolute atomic E-state index is 0.246. The lowest BCUT2D eigenvalue weighted by atomic mass is 9.82. The van der Waals surface area contributed by atoms with Crippen LogP contribution < -0.4 is 10.6 Å². The van der Waals surface area contributed by atoms with E-state index in [0.29, 0.717) is 6.07 Å². The molecule has 32 heavy (non-hydrogen) atoms. The summed E-state index contributed by atoms with van der Waals surface area (Å²) in [7, 11) is 0. The molecule has 10 heteroatoms. The summed E-state index contributed by atoms with van der Waals surface area (Å²) in [4.78, 5) is 28.8. The monoisotopic (exact) mass is 443 g/mol. The molecule has 2 heterocycles. The minimum atomic E-state index is -1.84. The lowest BCUT2D eigenvalue weighted by Gasteiger charge is -2.22. The molecule has 0 bridgehead atoms. The second-order valence-corrected chi connectivity index (χ2v) is 7.86. The molecule has 3 rings (SSSR count). The molecule has 2 aromatic heterocycles. The summed E-state index contributed by atoms with van der Waals surface area (Å²) in [5.74, 6) is -3.18. The summed E-state index contributed by atoms with van der Waals surface area (Å²) >= 11 is 0. The summed E-state index contributed by atoms with van der Waals surface area (Å²) < 4.78 is 26.6. The maximum atomic E-state index is 13.3. The summed E-state index contributed by atoms with van der Waals surface area (Å²) in [6, 6.07) is 6.68. The fourth-order valence-electron chi connectivity index (χ4n) is 3.07. The van der Waals surface area contributed by atoms with E-state index in [4.69, 9.17) is 0 Å².